The lowest BCUT2D eigenvalue weighted by Gasteiger charge is -2.08. The van der Waals surface area contributed by atoms with Gasteiger partial charge >= 0.3 is 0 Å². The van der Waals surface area contributed by atoms with Gasteiger partial charge in [-0.1, -0.05) is 18.2 Å². The van der Waals surface area contributed by atoms with Gasteiger partial charge in [-0.15, -0.1) is 10.2 Å². The van der Waals surface area contributed by atoms with Crippen LogP contribution in [0.1, 0.15) is 17.9 Å². The van der Waals surface area contributed by atoms with Crippen LogP contribution in [0, 0.1) is 6.92 Å². The van der Waals surface area contributed by atoms with Crippen molar-refractivity contribution < 1.29 is 4.42 Å². The molecule has 5 nitrogen and oxygen atoms in total. The minimum Gasteiger partial charge on any atom is -0.419 e. The second kappa shape index (κ2) is 7.17. The molecule has 0 radical (unpaired) electrons. The van der Waals surface area contributed by atoms with E-state index in [0.717, 1.165) is 30.6 Å². The zero-order valence-corrected chi connectivity index (χ0v) is 12.4. The summed E-state index contributed by atoms with van der Waals surface area (Å²) < 4.78 is 5.68. The molecule has 0 bridgehead atoms. The fraction of sp³-hybridized carbons (Fsp3) is 0.467. The van der Waals surface area contributed by atoms with Crippen LogP contribution in [0.4, 0.5) is 0 Å². The van der Waals surface area contributed by atoms with Crippen LogP contribution in [-0.2, 0) is 6.54 Å². The van der Waals surface area contributed by atoms with Crippen molar-refractivity contribution in [2.45, 2.75) is 19.9 Å². The molecule has 0 atom stereocenters. The molecule has 2 rings (SSSR count). The number of nitrogens with zero attached hydrogens (tertiary/aromatic N) is 3. The maximum absolute atomic E-state index is 5.68. The largest absolute Gasteiger partial charge is 0.419 e. The van der Waals surface area contributed by atoms with Gasteiger partial charge in [0.15, 0.2) is 0 Å². The van der Waals surface area contributed by atoms with Crippen molar-refractivity contribution in [3.63, 3.8) is 0 Å². The molecule has 0 spiro atoms. The fourth-order valence-electron chi connectivity index (χ4n) is 1.96. The molecule has 0 saturated heterocycles. The SMILES string of the molecule is Cc1ccccc1-c1nnc(CNCCCN(C)C)o1. The highest BCUT2D eigenvalue weighted by atomic mass is 16.4. The van der Waals surface area contributed by atoms with Crippen LogP contribution in [0.25, 0.3) is 11.5 Å². The van der Waals surface area contributed by atoms with E-state index < -0.39 is 0 Å². The van der Waals surface area contributed by atoms with Crippen LogP contribution in [0.2, 0.25) is 0 Å². The Kier molecular flexibility index (Phi) is 5.26. The average molecular weight is 274 g/mol. The van der Waals surface area contributed by atoms with Crippen LogP contribution < -0.4 is 5.32 Å². The molecule has 0 saturated carbocycles. The summed E-state index contributed by atoms with van der Waals surface area (Å²) in [7, 11) is 4.15. The van der Waals surface area contributed by atoms with Crippen LogP contribution in [-0.4, -0.2) is 42.3 Å². The number of aromatic nitrogens is 2. The zero-order valence-electron chi connectivity index (χ0n) is 12.4. The standard InChI is InChI=1S/C15H22N4O/c1-12-7-4-5-8-13(12)15-18-17-14(20-15)11-16-9-6-10-19(2)3/h4-5,7-8,16H,6,9-11H2,1-3H3. The van der Waals surface area contributed by atoms with Gasteiger partial charge in [0.25, 0.3) is 0 Å². The van der Waals surface area contributed by atoms with Gasteiger partial charge in [0.2, 0.25) is 11.8 Å². The summed E-state index contributed by atoms with van der Waals surface area (Å²) >= 11 is 0. The Hall–Kier alpha value is -1.72. The maximum atomic E-state index is 5.68. The van der Waals surface area contributed by atoms with E-state index in [-0.39, 0.29) is 0 Å². The first-order valence-corrected chi connectivity index (χ1v) is 6.90. The number of hydrogen-bond acceptors (Lipinski definition) is 5. The second-order valence-corrected chi connectivity index (χ2v) is 5.15. The number of rotatable bonds is 7. The summed E-state index contributed by atoms with van der Waals surface area (Å²) in [5, 5.41) is 11.5. The highest BCUT2D eigenvalue weighted by Crippen LogP contribution is 2.21. The summed E-state index contributed by atoms with van der Waals surface area (Å²) in [6.45, 7) is 4.68. The molecule has 1 N–H and O–H groups in total. The minimum atomic E-state index is 0.591. The fourth-order valence-corrected chi connectivity index (χ4v) is 1.96. The van der Waals surface area contributed by atoms with Crippen molar-refractivity contribution in [3.05, 3.63) is 35.7 Å². The molecular formula is C15H22N4O. The molecule has 0 fully saturated rings. The summed E-state index contributed by atoms with van der Waals surface area (Å²) in [5.41, 5.74) is 2.14. The molecule has 1 aromatic heterocycles. The first-order chi connectivity index (χ1) is 9.66. The van der Waals surface area contributed by atoms with Gasteiger partial charge in [-0.25, -0.2) is 0 Å². The Morgan fingerprint density at radius 2 is 2.00 bits per heavy atom. The van der Waals surface area contributed by atoms with Crippen LogP contribution in [0.15, 0.2) is 28.7 Å². The van der Waals surface area contributed by atoms with E-state index in [1.54, 1.807) is 0 Å². The summed E-state index contributed by atoms with van der Waals surface area (Å²) in [4.78, 5) is 2.17. The maximum Gasteiger partial charge on any atom is 0.248 e. The number of aryl methyl sites for hydroxylation is 1. The lowest BCUT2D eigenvalue weighted by atomic mass is 10.1. The van der Waals surface area contributed by atoms with E-state index in [4.69, 9.17) is 4.42 Å². The molecule has 108 valence electrons. The number of hydrogen-bond donors (Lipinski definition) is 1. The number of nitrogens with one attached hydrogen (secondary N) is 1. The van der Waals surface area contributed by atoms with Crippen LogP contribution in [0.5, 0.6) is 0 Å². The summed E-state index contributed by atoms with van der Waals surface area (Å²) in [6.07, 6.45) is 1.10. The van der Waals surface area contributed by atoms with E-state index in [1.807, 2.05) is 31.2 Å². The first-order valence-electron chi connectivity index (χ1n) is 6.90. The first kappa shape index (κ1) is 14.7. The quantitative estimate of drug-likeness (QED) is 0.783. The Morgan fingerprint density at radius 1 is 1.20 bits per heavy atom. The summed E-state index contributed by atoms with van der Waals surface area (Å²) in [5.74, 6) is 1.22. The third-order valence-electron chi connectivity index (χ3n) is 3.08. The molecule has 0 aliphatic carbocycles. The molecule has 0 unspecified atom stereocenters. The summed E-state index contributed by atoms with van der Waals surface area (Å²) in [6, 6.07) is 8.02. The Labute approximate surface area is 120 Å². The molecule has 1 heterocycles. The van der Waals surface area contributed by atoms with Gasteiger partial charge in [0, 0.05) is 5.56 Å². The molecule has 1 aromatic carbocycles. The Balaban J connectivity index is 1.85. The second-order valence-electron chi connectivity index (χ2n) is 5.15. The highest BCUT2D eigenvalue weighted by molar-refractivity contribution is 5.57. The smallest absolute Gasteiger partial charge is 0.248 e. The molecule has 20 heavy (non-hydrogen) atoms. The van der Waals surface area contributed by atoms with E-state index in [9.17, 15) is 0 Å². The van der Waals surface area contributed by atoms with Gasteiger partial charge < -0.3 is 14.6 Å². The monoisotopic (exact) mass is 274 g/mol. The van der Waals surface area contributed by atoms with Crippen LogP contribution in [0.3, 0.4) is 0 Å². The molecule has 0 aliphatic rings. The number of benzene rings is 1. The third kappa shape index (κ3) is 4.15. The lowest BCUT2D eigenvalue weighted by molar-refractivity contribution is 0.390. The molecule has 0 amide bonds. The topological polar surface area (TPSA) is 54.2 Å². The Morgan fingerprint density at radius 3 is 2.75 bits per heavy atom. The minimum absolute atomic E-state index is 0.591. The van der Waals surface area contributed by atoms with Crippen molar-refractivity contribution in [2.24, 2.45) is 0 Å². The normalized spacial score (nSPS) is 11.2. The predicted molar refractivity (Wildman–Crippen MR) is 79.3 cm³/mol. The van der Waals surface area contributed by atoms with Gasteiger partial charge in [-0.05, 0) is 52.2 Å². The Bertz CT molecular complexity index is 536. The van der Waals surface area contributed by atoms with Gasteiger partial charge in [0.1, 0.15) is 0 Å². The molecular weight excluding hydrogens is 252 g/mol. The van der Waals surface area contributed by atoms with Crippen molar-refractivity contribution >= 4 is 0 Å². The third-order valence-corrected chi connectivity index (χ3v) is 3.08. The molecule has 0 aliphatic heterocycles. The van der Waals surface area contributed by atoms with E-state index in [2.05, 4.69) is 34.5 Å². The van der Waals surface area contributed by atoms with E-state index in [0.29, 0.717) is 18.3 Å². The van der Waals surface area contributed by atoms with Gasteiger partial charge in [0.05, 0.1) is 6.54 Å². The van der Waals surface area contributed by atoms with Crippen molar-refractivity contribution in [2.75, 3.05) is 27.2 Å². The van der Waals surface area contributed by atoms with Crippen molar-refractivity contribution in [3.8, 4) is 11.5 Å². The molecule has 2 aromatic rings. The van der Waals surface area contributed by atoms with Gasteiger partial charge in [-0.3, -0.25) is 0 Å². The zero-order chi connectivity index (χ0) is 14.4. The van der Waals surface area contributed by atoms with E-state index >= 15 is 0 Å². The van der Waals surface area contributed by atoms with Crippen molar-refractivity contribution in [1.82, 2.24) is 20.4 Å². The lowest BCUT2D eigenvalue weighted by Crippen LogP contribution is -2.21. The van der Waals surface area contributed by atoms with Gasteiger partial charge in [-0.2, -0.15) is 0 Å². The highest BCUT2D eigenvalue weighted by Gasteiger charge is 2.09. The van der Waals surface area contributed by atoms with Crippen LogP contribution >= 0.6 is 0 Å². The molecule has 5 heteroatoms. The van der Waals surface area contributed by atoms with Crippen molar-refractivity contribution in [1.29, 1.82) is 0 Å². The van der Waals surface area contributed by atoms with E-state index in [1.165, 1.54) is 0 Å². The average Bonchev–Trinajstić information content (AvgIpc) is 2.87. The predicted octanol–water partition coefficient (Wildman–Crippen LogP) is 2.09.